The first kappa shape index (κ1) is 11.6. The van der Waals surface area contributed by atoms with Crippen molar-refractivity contribution in [1.82, 2.24) is 10.2 Å². The highest BCUT2D eigenvalue weighted by atomic mass is 16.4. The number of hydrogen-bond donors (Lipinski definition) is 2. The molecule has 0 saturated heterocycles. The van der Waals surface area contributed by atoms with E-state index in [-0.39, 0.29) is 23.9 Å². The standard InChI is InChI=1S/C12H18N4O2/c13-9-3-1-2-8(6-9)10(17)14-12-16-15-11(18-12)7-4-5-7/h7-9H,1-6,13H2,(H,14,16,17). The molecule has 0 spiro atoms. The summed E-state index contributed by atoms with van der Waals surface area (Å²) in [5.74, 6) is 0.984. The van der Waals surface area contributed by atoms with Crippen molar-refractivity contribution in [2.45, 2.75) is 50.5 Å². The molecule has 0 aliphatic heterocycles. The van der Waals surface area contributed by atoms with Crippen molar-refractivity contribution < 1.29 is 9.21 Å². The molecular formula is C12H18N4O2. The number of carbonyl (C=O) groups is 1. The molecule has 2 aliphatic rings. The fourth-order valence-corrected chi connectivity index (χ4v) is 2.45. The van der Waals surface area contributed by atoms with E-state index in [0.717, 1.165) is 38.5 Å². The van der Waals surface area contributed by atoms with E-state index in [1.807, 2.05) is 0 Å². The van der Waals surface area contributed by atoms with Gasteiger partial charge in [0.25, 0.3) is 0 Å². The van der Waals surface area contributed by atoms with E-state index < -0.39 is 0 Å². The highest BCUT2D eigenvalue weighted by Crippen LogP contribution is 2.39. The summed E-state index contributed by atoms with van der Waals surface area (Å²) in [5.41, 5.74) is 5.88. The quantitative estimate of drug-likeness (QED) is 0.845. The van der Waals surface area contributed by atoms with E-state index in [0.29, 0.717) is 11.8 Å². The summed E-state index contributed by atoms with van der Waals surface area (Å²) in [6, 6.07) is 0.361. The number of carbonyl (C=O) groups excluding carboxylic acids is 1. The molecule has 0 radical (unpaired) electrons. The third-order valence-electron chi connectivity index (χ3n) is 3.68. The lowest BCUT2D eigenvalue weighted by Crippen LogP contribution is -2.34. The van der Waals surface area contributed by atoms with Gasteiger partial charge in [0.15, 0.2) is 0 Å². The van der Waals surface area contributed by atoms with Crippen molar-refractivity contribution >= 4 is 11.9 Å². The van der Waals surface area contributed by atoms with Gasteiger partial charge in [0.1, 0.15) is 0 Å². The summed E-state index contributed by atoms with van der Waals surface area (Å²) in [6.45, 7) is 0. The first-order chi connectivity index (χ1) is 8.72. The molecule has 6 nitrogen and oxygen atoms in total. The van der Waals surface area contributed by atoms with E-state index >= 15 is 0 Å². The van der Waals surface area contributed by atoms with Crippen LogP contribution in [0.2, 0.25) is 0 Å². The molecule has 1 amide bonds. The van der Waals surface area contributed by atoms with E-state index in [4.69, 9.17) is 10.2 Å². The smallest absolute Gasteiger partial charge is 0.322 e. The number of nitrogens with zero attached hydrogens (tertiary/aromatic N) is 2. The fraction of sp³-hybridized carbons (Fsp3) is 0.750. The Labute approximate surface area is 105 Å². The molecule has 2 saturated carbocycles. The predicted molar refractivity (Wildman–Crippen MR) is 64.8 cm³/mol. The van der Waals surface area contributed by atoms with Crippen molar-refractivity contribution in [3.8, 4) is 0 Å². The lowest BCUT2D eigenvalue weighted by Gasteiger charge is -2.24. The highest BCUT2D eigenvalue weighted by Gasteiger charge is 2.30. The summed E-state index contributed by atoms with van der Waals surface area (Å²) >= 11 is 0. The van der Waals surface area contributed by atoms with E-state index in [1.165, 1.54) is 0 Å². The summed E-state index contributed by atoms with van der Waals surface area (Å²) < 4.78 is 5.41. The minimum absolute atomic E-state index is 0.0231. The molecule has 2 fully saturated rings. The molecule has 6 heteroatoms. The van der Waals surface area contributed by atoms with Crippen LogP contribution in [0.4, 0.5) is 6.01 Å². The average Bonchev–Trinajstić information content (AvgIpc) is 3.11. The summed E-state index contributed by atoms with van der Waals surface area (Å²) in [6.07, 6.45) is 5.87. The maximum Gasteiger partial charge on any atom is 0.322 e. The van der Waals surface area contributed by atoms with Crippen LogP contribution in [-0.4, -0.2) is 22.1 Å². The second-order valence-electron chi connectivity index (χ2n) is 5.33. The monoisotopic (exact) mass is 250 g/mol. The number of nitrogens with two attached hydrogens (primary N) is 1. The molecule has 2 aliphatic carbocycles. The maximum absolute atomic E-state index is 12.0. The van der Waals surface area contributed by atoms with Gasteiger partial charge in [-0.2, -0.15) is 0 Å². The van der Waals surface area contributed by atoms with Crippen LogP contribution >= 0.6 is 0 Å². The molecule has 2 atom stereocenters. The fourth-order valence-electron chi connectivity index (χ4n) is 2.45. The van der Waals surface area contributed by atoms with Gasteiger partial charge in [0, 0.05) is 17.9 Å². The second-order valence-corrected chi connectivity index (χ2v) is 5.33. The number of hydrogen-bond acceptors (Lipinski definition) is 5. The lowest BCUT2D eigenvalue weighted by atomic mass is 9.85. The van der Waals surface area contributed by atoms with Crippen molar-refractivity contribution in [2.75, 3.05) is 5.32 Å². The Balaban J connectivity index is 1.58. The van der Waals surface area contributed by atoms with Crippen LogP contribution in [0.25, 0.3) is 0 Å². The normalized spacial score (nSPS) is 28.1. The molecular weight excluding hydrogens is 232 g/mol. The zero-order valence-electron chi connectivity index (χ0n) is 10.3. The van der Waals surface area contributed by atoms with Crippen LogP contribution in [0.15, 0.2) is 4.42 Å². The van der Waals surface area contributed by atoms with Gasteiger partial charge in [-0.25, -0.2) is 0 Å². The van der Waals surface area contributed by atoms with Crippen molar-refractivity contribution in [1.29, 1.82) is 0 Å². The van der Waals surface area contributed by atoms with Gasteiger partial charge in [-0.3, -0.25) is 10.1 Å². The Kier molecular flexibility index (Phi) is 3.03. The lowest BCUT2D eigenvalue weighted by molar-refractivity contribution is -0.121. The summed E-state index contributed by atoms with van der Waals surface area (Å²) in [4.78, 5) is 12.0. The van der Waals surface area contributed by atoms with Crippen molar-refractivity contribution in [3.05, 3.63) is 5.89 Å². The molecule has 3 rings (SSSR count). The number of amides is 1. The van der Waals surface area contributed by atoms with E-state index in [2.05, 4.69) is 15.5 Å². The SMILES string of the molecule is NC1CCCC(C(=O)Nc2nnc(C3CC3)o2)C1. The molecule has 1 heterocycles. The minimum atomic E-state index is -0.0452. The first-order valence-electron chi connectivity index (χ1n) is 6.62. The second kappa shape index (κ2) is 4.68. The number of nitrogens with one attached hydrogen (secondary N) is 1. The molecule has 98 valence electrons. The van der Waals surface area contributed by atoms with Gasteiger partial charge in [0.2, 0.25) is 11.8 Å². The van der Waals surface area contributed by atoms with Crippen LogP contribution in [0.3, 0.4) is 0 Å². The third kappa shape index (κ3) is 2.53. The molecule has 18 heavy (non-hydrogen) atoms. The van der Waals surface area contributed by atoms with Gasteiger partial charge in [-0.15, -0.1) is 5.10 Å². The molecule has 0 aromatic carbocycles. The van der Waals surface area contributed by atoms with Gasteiger partial charge in [-0.1, -0.05) is 11.5 Å². The first-order valence-corrected chi connectivity index (χ1v) is 6.62. The average molecular weight is 250 g/mol. The number of anilines is 1. The van der Waals surface area contributed by atoms with Crippen LogP contribution in [-0.2, 0) is 4.79 Å². The Bertz CT molecular complexity index is 441. The summed E-state index contributed by atoms with van der Waals surface area (Å²) in [5, 5.41) is 10.5. The Morgan fingerprint density at radius 3 is 2.83 bits per heavy atom. The molecule has 1 aromatic rings. The Morgan fingerprint density at radius 2 is 2.11 bits per heavy atom. The predicted octanol–water partition coefficient (Wildman–Crippen LogP) is 1.40. The van der Waals surface area contributed by atoms with Crippen LogP contribution < -0.4 is 11.1 Å². The molecule has 2 unspecified atom stereocenters. The van der Waals surface area contributed by atoms with Crippen molar-refractivity contribution in [3.63, 3.8) is 0 Å². The van der Waals surface area contributed by atoms with Crippen molar-refractivity contribution in [2.24, 2.45) is 11.7 Å². The van der Waals surface area contributed by atoms with Crippen LogP contribution in [0, 0.1) is 5.92 Å². The van der Waals surface area contributed by atoms with Gasteiger partial charge in [0.05, 0.1) is 0 Å². The zero-order valence-corrected chi connectivity index (χ0v) is 10.3. The number of rotatable bonds is 3. The Hall–Kier alpha value is -1.43. The molecule has 3 N–H and O–H groups in total. The van der Waals surface area contributed by atoms with E-state index in [9.17, 15) is 4.79 Å². The number of aromatic nitrogens is 2. The zero-order chi connectivity index (χ0) is 12.5. The van der Waals surface area contributed by atoms with E-state index in [1.54, 1.807) is 0 Å². The van der Waals surface area contributed by atoms with Gasteiger partial charge >= 0.3 is 6.01 Å². The van der Waals surface area contributed by atoms with Crippen LogP contribution in [0.5, 0.6) is 0 Å². The summed E-state index contributed by atoms with van der Waals surface area (Å²) in [7, 11) is 0. The molecule has 0 bridgehead atoms. The molecule has 1 aromatic heterocycles. The largest absolute Gasteiger partial charge is 0.408 e. The van der Waals surface area contributed by atoms with Gasteiger partial charge in [-0.05, 0) is 32.1 Å². The Morgan fingerprint density at radius 1 is 1.28 bits per heavy atom. The minimum Gasteiger partial charge on any atom is -0.408 e. The highest BCUT2D eigenvalue weighted by molar-refractivity contribution is 5.90. The van der Waals surface area contributed by atoms with Gasteiger partial charge < -0.3 is 10.2 Å². The topological polar surface area (TPSA) is 94.0 Å². The third-order valence-corrected chi connectivity index (χ3v) is 3.68. The maximum atomic E-state index is 12.0. The van der Waals surface area contributed by atoms with Crippen LogP contribution in [0.1, 0.15) is 50.3 Å².